The second-order valence-corrected chi connectivity index (χ2v) is 11.9. The number of carbonyl (C=O) groups is 1. The number of rotatable bonds is 10. The average molecular weight is 530 g/mol. The first-order valence-corrected chi connectivity index (χ1v) is 15.0. The molecule has 0 aromatic heterocycles. The van der Waals surface area contributed by atoms with E-state index < -0.39 is 5.67 Å². The molecule has 4 fully saturated rings. The van der Waals surface area contributed by atoms with Crippen molar-refractivity contribution in [1.29, 1.82) is 0 Å². The average Bonchev–Trinajstić information content (AvgIpc) is 3.34. The molecule has 1 aromatic carbocycles. The number of hydroxylamine groups is 2. The maximum atomic E-state index is 14.4. The molecular weight excluding hydrogens is 485 g/mol. The highest BCUT2D eigenvalue weighted by Gasteiger charge is 2.53. The fourth-order valence-corrected chi connectivity index (χ4v) is 6.51. The van der Waals surface area contributed by atoms with E-state index in [1.54, 1.807) is 4.90 Å². The van der Waals surface area contributed by atoms with E-state index >= 15 is 0 Å². The fourth-order valence-electron chi connectivity index (χ4n) is 6.51. The first-order valence-electron chi connectivity index (χ1n) is 15.0. The molecule has 4 aliphatic heterocycles. The lowest BCUT2D eigenvalue weighted by Gasteiger charge is -2.37. The first kappa shape index (κ1) is 26.4. The number of piperidine rings is 1. The summed E-state index contributed by atoms with van der Waals surface area (Å²) in [7, 11) is 0. The SMILES string of the molecule is CCCCCCCN1OC(c2ccc3c(c2)N([C@@H]2CCOC2)NC3)NC1C1CCN(C(=O)C2(F)CC2)CC1. The van der Waals surface area contributed by atoms with Crippen molar-refractivity contribution >= 4 is 11.6 Å². The zero-order valence-corrected chi connectivity index (χ0v) is 22.8. The Morgan fingerprint density at radius 2 is 1.95 bits per heavy atom. The van der Waals surface area contributed by atoms with Crippen molar-refractivity contribution in [3.63, 3.8) is 0 Å². The first-order chi connectivity index (χ1) is 18.6. The van der Waals surface area contributed by atoms with Crippen LogP contribution < -0.4 is 15.8 Å². The molecular formula is C29H44FN5O3. The van der Waals surface area contributed by atoms with Crippen molar-refractivity contribution < 1.29 is 18.8 Å². The second-order valence-electron chi connectivity index (χ2n) is 11.9. The molecule has 1 amide bonds. The number of ether oxygens (including phenoxy) is 1. The number of hydrogen-bond acceptors (Lipinski definition) is 7. The molecule has 4 heterocycles. The molecule has 8 nitrogen and oxygen atoms in total. The van der Waals surface area contributed by atoms with Crippen molar-refractivity contribution in [2.24, 2.45) is 5.92 Å². The standard InChI is InChI=1S/C29H44FN5O3/c1-2-3-4-5-6-14-34-26(21-9-15-33(16-10-21)28(36)29(30)12-13-29)32-27(38-34)22-7-8-23-19-31-35(25(23)18-22)24-11-17-37-20-24/h7-8,18,21,24,26-27,31-32H,2-6,9-17,19-20H2,1H3/t24-,26?,27?/m1/s1. The fraction of sp³-hybridized carbons (Fsp3) is 0.759. The van der Waals surface area contributed by atoms with E-state index in [-0.39, 0.29) is 18.3 Å². The van der Waals surface area contributed by atoms with E-state index in [9.17, 15) is 9.18 Å². The van der Waals surface area contributed by atoms with Crippen LogP contribution in [0.25, 0.3) is 0 Å². The molecule has 0 radical (unpaired) electrons. The topological polar surface area (TPSA) is 69.3 Å². The molecule has 3 atom stereocenters. The predicted molar refractivity (Wildman–Crippen MR) is 144 cm³/mol. The maximum absolute atomic E-state index is 14.4. The van der Waals surface area contributed by atoms with Crippen molar-refractivity contribution in [2.45, 2.75) is 102 Å². The van der Waals surface area contributed by atoms with Gasteiger partial charge in [-0.2, -0.15) is 5.06 Å². The van der Waals surface area contributed by atoms with Gasteiger partial charge in [-0.05, 0) is 61.6 Å². The molecule has 1 aromatic rings. The van der Waals surface area contributed by atoms with Gasteiger partial charge in [0.15, 0.2) is 11.9 Å². The molecule has 9 heteroatoms. The van der Waals surface area contributed by atoms with Gasteiger partial charge in [0, 0.05) is 32.8 Å². The number of halogens is 1. The Morgan fingerprint density at radius 3 is 2.68 bits per heavy atom. The highest BCUT2D eigenvalue weighted by Crippen LogP contribution is 2.42. The third-order valence-electron chi connectivity index (χ3n) is 9.08. The Morgan fingerprint density at radius 1 is 1.13 bits per heavy atom. The van der Waals surface area contributed by atoms with E-state index in [4.69, 9.17) is 9.57 Å². The van der Waals surface area contributed by atoms with Crippen molar-refractivity contribution in [3.05, 3.63) is 29.3 Å². The van der Waals surface area contributed by atoms with Gasteiger partial charge in [0.05, 0.1) is 24.5 Å². The number of carbonyl (C=O) groups excluding carboxylic acids is 1. The Hall–Kier alpha value is -1.78. The van der Waals surface area contributed by atoms with Gasteiger partial charge in [0.25, 0.3) is 5.91 Å². The van der Waals surface area contributed by atoms with E-state index in [2.05, 4.69) is 45.9 Å². The summed E-state index contributed by atoms with van der Waals surface area (Å²) in [5.74, 6) is 0.0684. The Balaban J connectivity index is 1.13. The summed E-state index contributed by atoms with van der Waals surface area (Å²) in [6.07, 6.45) is 9.52. The molecule has 1 aliphatic carbocycles. The molecule has 38 heavy (non-hydrogen) atoms. The Bertz CT molecular complexity index is 977. The van der Waals surface area contributed by atoms with Crippen LogP contribution in [-0.4, -0.2) is 66.6 Å². The highest BCUT2D eigenvalue weighted by molar-refractivity contribution is 5.88. The lowest BCUT2D eigenvalue weighted by Crippen LogP contribution is -2.50. The second kappa shape index (κ2) is 11.4. The van der Waals surface area contributed by atoms with Crippen molar-refractivity contribution in [3.8, 4) is 0 Å². The molecule has 6 rings (SSSR count). The molecule has 0 bridgehead atoms. The number of likely N-dealkylation sites (tertiary alicyclic amines) is 1. The van der Waals surface area contributed by atoms with Gasteiger partial charge in [-0.25, -0.2) is 9.82 Å². The van der Waals surface area contributed by atoms with Crippen LogP contribution in [0.3, 0.4) is 0 Å². The number of nitrogens with zero attached hydrogens (tertiary/aromatic N) is 3. The highest BCUT2D eigenvalue weighted by atomic mass is 19.1. The van der Waals surface area contributed by atoms with Crippen LogP contribution in [-0.2, 0) is 20.9 Å². The van der Waals surface area contributed by atoms with E-state index in [0.717, 1.165) is 57.6 Å². The molecule has 2 N–H and O–H groups in total. The summed E-state index contributed by atoms with van der Waals surface area (Å²) in [6.45, 7) is 6.81. The smallest absolute Gasteiger partial charge is 0.260 e. The van der Waals surface area contributed by atoms with Gasteiger partial charge in [-0.1, -0.05) is 44.7 Å². The summed E-state index contributed by atoms with van der Waals surface area (Å²) in [5, 5.41) is 8.26. The number of alkyl halides is 1. The summed E-state index contributed by atoms with van der Waals surface area (Å²) in [5.41, 5.74) is 5.64. The lowest BCUT2D eigenvalue weighted by molar-refractivity contribution is -0.174. The molecule has 2 unspecified atom stereocenters. The van der Waals surface area contributed by atoms with Gasteiger partial charge in [0.1, 0.15) is 0 Å². The summed E-state index contributed by atoms with van der Waals surface area (Å²) >= 11 is 0. The van der Waals surface area contributed by atoms with Crippen LogP contribution in [0.5, 0.6) is 0 Å². The Labute approximate surface area is 226 Å². The third kappa shape index (κ3) is 5.45. The summed E-state index contributed by atoms with van der Waals surface area (Å²) < 4.78 is 20.0. The van der Waals surface area contributed by atoms with Crippen molar-refractivity contribution in [1.82, 2.24) is 20.7 Å². The van der Waals surface area contributed by atoms with Crippen LogP contribution in [0, 0.1) is 5.92 Å². The molecule has 0 spiro atoms. The number of hydrazine groups is 1. The Kier molecular flexibility index (Phi) is 7.91. The zero-order valence-electron chi connectivity index (χ0n) is 22.8. The van der Waals surface area contributed by atoms with Gasteiger partial charge < -0.3 is 14.6 Å². The lowest BCUT2D eigenvalue weighted by atomic mass is 9.92. The van der Waals surface area contributed by atoms with Crippen LogP contribution in [0.4, 0.5) is 10.1 Å². The maximum Gasteiger partial charge on any atom is 0.260 e. The summed E-state index contributed by atoms with van der Waals surface area (Å²) in [4.78, 5) is 20.9. The van der Waals surface area contributed by atoms with Crippen LogP contribution >= 0.6 is 0 Å². The largest absolute Gasteiger partial charge is 0.379 e. The normalized spacial score (nSPS) is 29.3. The minimum atomic E-state index is -1.57. The van der Waals surface area contributed by atoms with E-state index in [0.29, 0.717) is 37.9 Å². The number of amides is 1. The number of hydrogen-bond donors (Lipinski definition) is 2. The van der Waals surface area contributed by atoms with E-state index in [1.807, 2.05) is 0 Å². The number of fused-ring (bicyclic) bond motifs is 1. The van der Waals surface area contributed by atoms with Gasteiger partial charge >= 0.3 is 0 Å². The molecule has 1 saturated carbocycles. The quantitative estimate of drug-likeness (QED) is 0.441. The van der Waals surface area contributed by atoms with Crippen LogP contribution in [0.1, 0.15) is 88.5 Å². The zero-order chi connectivity index (χ0) is 26.1. The van der Waals surface area contributed by atoms with Crippen LogP contribution in [0.15, 0.2) is 18.2 Å². The van der Waals surface area contributed by atoms with Gasteiger partial charge in [-0.3, -0.25) is 14.9 Å². The third-order valence-corrected chi connectivity index (χ3v) is 9.08. The van der Waals surface area contributed by atoms with E-state index in [1.165, 1.54) is 36.9 Å². The summed E-state index contributed by atoms with van der Waals surface area (Å²) in [6, 6.07) is 7.04. The minimum absolute atomic E-state index is 0.0920. The number of benzene rings is 1. The monoisotopic (exact) mass is 529 g/mol. The number of anilines is 1. The molecule has 210 valence electrons. The minimum Gasteiger partial charge on any atom is -0.379 e. The van der Waals surface area contributed by atoms with Gasteiger partial charge in [-0.15, -0.1) is 0 Å². The number of unbranched alkanes of at least 4 members (excludes halogenated alkanes) is 4. The number of nitrogens with one attached hydrogen (secondary N) is 2. The van der Waals surface area contributed by atoms with Gasteiger partial charge in [0.2, 0.25) is 0 Å². The van der Waals surface area contributed by atoms with Crippen LogP contribution in [0.2, 0.25) is 0 Å². The predicted octanol–water partition coefficient (Wildman–Crippen LogP) is 4.17. The van der Waals surface area contributed by atoms with Crippen molar-refractivity contribution in [2.75, 3.05) is 37.9 Å². The molecule has 3 saturated heterocycles. The molecule has 5 aliphatic rings.